The molecule has 2 heterocycles. The van der Waals surface area contributed by atoms with Crippen molar-refractivity contribution in [2.75, 3.05) is 39.3 Å². The van der Waals surface area contributed by atoms with Gasteiger partial charge in [0.05, 0.1) is 13.1 Å². The number of rotatable bonds is 5. The number of hydrogen-bond acceptors (Lipinski definition) is 4. The van der Waals surface area contributed by atoms with Crippen LogP contribution in [-0.4, -0.2) is 66.9 Å². The van der Waals surface area contributed by atoms with Crippen LogP contribution in [0.5, 0.6) is 0 Å². The summed E-state index contributed by atoms with van der Waals surface area (Å²) in [6.07, 6.45) is 6.01. The van der Waals surface area contributed by atoms with Gasteiger partial charge in [0.1, 0.15) is 0 Å². The molecular weight excluding hydrogens is 327 g/mol. The van der Waals surface area contributed by atoms with Crippen molar-refractivity contribution >= 4 is 36.6 Å². The fourth-order valence-corrected chi connectivity index (χ4v) is 3.14. The number of carbonyl (C=O) groups is 2. The molecule has 2 aliphatic rings. The topological polar surface area (TPSA) is 78.7 Å². The molecule has 0 aromatic rings. The summed E-state index contributed by atoms with van der Waals surface area (Å²) in [6.45, 7) is 4.12. The van der Waals surface area contributed by atoms with Gasteiger partial charge in [-0.15, -0.1) is 24.8 Å². The van der Waals surface area contributed by atoms with Crippen molar-refractivity contribution in [3.05, 3.63) is 0 Å². The predicted molar refractivity (Wildman–Crippen MR) is 91.6 cm³/mol. The summed E-state index contributed by atoms with van der Waals surface area (Å²) in [5.41, 5.74) is 5.22. The summed E-state index contributed by atoms with van der Waals surface area (Å²) in [5.74, 6) is -0.253. The summed E-state index contributed by atoms with van der Waals surface area (Å²) >= 11 is 0. The number of piperidine rings is 1. The lowest BCUT2D eigenvalue weighted by molar-refractivity contribution is -0.133. The Balaban J connectivity index is 0.00000220. The van der Waals surface area contributed by atoms with E-state index < -0.39 is 0 Å². The Kier molecular flexibility index (Phi) is 10.8. The zero-order valence-corrected chi connectivity index (χ0v) is 14.6. The highest BCUT2D eigenvalue weighted by Crippen LogP contribution is 2.20. The van der Waals surface area contributed by atoms with Gasteiger partial charge in [-0.25, -0.2) is 0 Å². The Hall–Kier alpha value is -0.560. The molecule has 0 radical (unpaired) electrons. The van der Waals surface area contributed by atoms with Crippen LogP contribution in [0.3, 0.4) is 0 Å². The summed E-state index contributed by atoms with van der Waals surface area (Å²) < 4.78 is 0. The maximum atomic E-state index is 12.2. The number of halogens is 2. The van der Waals surface area contributed by atoms with Gasteiger partial charge >= 0.3 is 0 Å². The van der Waals surface area contributed by atoms with E-state index in [2.05, 4.69) is 10.2 Å². The van der Waals surface area contributed by atoms with E-state index >= 15 is 0 Å². The first kappa shape index (κ1) is 21.4. The van der Waals surface area contributed by atoms with Crippen LogP contribution in [0.25, 0.3) is 0 Å². The van der Waals surface area contributed by atoms with Crippen LogP contribution in [0.4, 0.5) is 0 Å². The number of amides is 2. The lowest BCUT2D eigenvalue weighted by Gasteiger charge is -2.33. The highest BCUT2D eigenvalue weighted by Gasteiger charge is 2.30. The van der Waals surface area contributed by atoms with Gasteiger partial charge in [0.2, 0.25) is 11.8 Å². The van der Waals surface area contributed by atoms with Gasteiger partial charge in [-0.3, -0.25) is 9.59 Å². The Morgan fingerprint density at radius 1 is 1.05 bits per heavy atom. The van der Waals surface area contributed by atoms with E-state index in [-0.39, 0.29) is 49.7 Å². The molecule has 130 valence electrons. The van der Waals surface area contributed by atoms with E-state index in [0.29, 0.717) is 6.04 Å². The first-order valence-electron chi connectivity index (χ1n) is 7.69. The minimum absolute atomic E-state index is 0. The zero-order valence-electron chi connectivity index (χ0n) is 13.0. The third-order valence-electron chi connectivity index (χ3n) is 4.24. The molecule has 0 aromatic carbocycles. The van der Waals surface area contributed by atoms with E-state index in [1.165, 1.54) is 19.3 Å². The van der Waals surface area contributed by atoms with Crippen LogP contribution in [0.15, 0.2) is 0 Å². The maximum absolute atomic E-state index is 12.2. The molecule has 2 aliphatic heterocycles. The van der Waals surface area contributed by atoms with E-state index in [9.17, 15) is 9.59 Å². The molecule has 2 rings (SSSR count). The number of nitrogens with one attached hydrogen (secondary N) is 1. The number of carbonyl (C=O) groups excluding carboxylic acids is 2. The molecule has 1 unspecified atom stereocenters. The number of likely N-dealkylation sites (tertiary alicyclic amines) is 2. The van der Waals surface area contributed by atoms with Crippen LogP contribution in [0.2, 0.25) is 0 Å². The SMILES string of the molecule is Cl.Cl.NCC(=O)NCC(=O)N1CCCC1CN1CCCCC1. The molecule has 0 saturated carbocycles. The Morgan fingerprint density at radius 3 is 2.36 bits per heavy atom. The largest absolute Gasteiger partial charge is 0.346 e. The lowest BCUT2D eigenvalue weighted by Crippen LogP contribution is -2.48. The molecule has 0 aromatic heterocycles. The highest BCUT2D eigenvalue weighted by molar-refractivity contribution is 5.86. The van der Waals surface area contributed by atoms with Gasteiger partial charge < -0.3 is 20.9 Å². The van der Waals surface area contributed by atoms with Crippen molar-refractivity contribution < 1.29 is 9.59 Å². The van der Waals surface area contributed by atoms with Gasteiger partial charge in [0.15, 0.2) is 0 Å². The molecule has 2 fully saturated rings. The van der Waals surface area contributed by atoms with Crippen LogP contribution in [0.1, 0.15) is 32.1 Å². The monoisotopic (exact) mass is 354 g/mol. The summed E-state index contributed by atoms with van der Waals surface area (Å²) in [4.78, 5) is 27.7. The first-order chi connectivity index (χ1) is 9.70. The van der Waals surface area contributed by atoms with Crippen LogP contribution < -0.4 is 11.1 Å². The van der Waals surface area contributed by atoms with Gasteiger partial charge in [0.25, 0.3) is 0 Å². The van der Waals surface area contributed by atoms with Crippen molar-refractivity contribution in [3.63, 3.8) is 0 Å². The molecule has 2 amide bonds. The average molecular weight is 355 g/mol. The van der Waals surface area contributed by atoms with Crippen molar-refractivity contribution in [2.24, 2.45) is 5.73 Å². The predicted octanol–water partition coefficient (Wildman–Crippen LogP) is 0.382. The van der Waals surface area contributed by atoms with Gasteiger partial charge in [-0.05, 0) is 38.8 Å². The van der Waals surface area contributed by atoms with Crippen LogP contribution in [0, 0.1) is 0 Å². The Bertz CT molecular complexity index is 352. The highest BCUT2D eigenvalue weighted by atomic mass is 35.5. The third kappa shape index (κ3) is 6.28. The van der Waals surface area contributed by atoms with Crippen molar-refractivity contribution in [1.29, 1.82) is 0 Å². The number of nitrogens with two attached hydrogens (primary N) is 1. The standard InChI is InChI=1S/C14H26N4O2.2ClH/c15-9-13(19)16-10-14(20)18-8-4-5-12(18)11-17-6-2-1-3-7-17;;/h12H,1-11,15H2,(H,16,19);2*1H. The van der Waals surface area contributed by atoms with E-state index in [0.717, 1.165) is 39.0 Å². The quantitative estimate of drug-likeness (QED) is 0.748. The molecule has 3 N–H and O–H groups in total. The molecule has 22 heavy (non-hydrogen) atoms. The summed E-state index contributed by atoms with van der Waals surface area (Å²) in [5, 5.41) is 2.56. The normalized spacial score (nSPS) is 21.7. The Morgan fingerprint density at radius 2 is 1.73 bits per heavy atom. The lowest BCUT2D eigenvalue weighted by atomic mass is 10.1. The smallest absolute Gasteiger partial charge is 0.242 e. The molecule has 0 aliphatic carbocycles. The minimum Gasteiger partial charge on any atom is -0.346 e. The molecule has 8 heteroatoms. The fraction of sp³-hybridized carbons (Fsp3) is 0.857. The van der Waals surface area contributed by atoms with Gasteiger partial charge in [-0.2, -0.15) is 0 Å². The molecule has 0 spiro atoms. The van der Waals surface area contributed by atoms with E-state index in [1.54, 1.807) is 0 Å². The molecule has 1 atom stereocenters. The van der Waals surface area contributed by atoms with Crippen LogP contribution in [-0.2, 0) is 9.59 Å². The minimum atomic E-state index is -0.273. The van der Waals surface area contributed by atoms with E-state index in [1.807, 2.05) is 4.90 Å². The van der Waals surface area contributed by atoms with Crippen molar-refractivity contribution in [3.8, 4) is 0 Å². The van der Waals surface area contributed by atoms with Crippen molar-refractivity contribution in [2.45, 2.75) is 38.1 Å². The molecule has 0 bridgehead atoms. The first-order valence-corrected chi connectivity index (χ1v) is 7.69. The number of nitrogens with zero attached hydrogens (tertiary/aromatic N) is 2. The van der Waals surface area contributed by atoms with E-state index in [4.69, 9.17) is 5.73 Å². The zero-order chi connectivity index (χ0) is 14.4. The molecular formula is C14H28Cl2N4O2. The second-order valence-corrected chi connectivity index (χ2v) is 5.73. The summed E-state index contributed by atoms with van der Waals surface area (Å²) in [7, 11) is 0. The van der Waals surface area contributed by atoms with Gasteiger partial charge in [-0.1, -0.05) is 6.42 Å². The second-order valence-electron chi connectivity index (χ2n) is 5.73. The molecule has 2 saturated heterocycles. The fourth-order valence-electron chi connectivity index (χ4n) is 3.14. The Labute approximate surface area is 145 Å². The summed E-state index contributed by atoms with van der Waals surface area (Å²) in [6, 6.07) is 0.315. The van der Waals surface area contributed by atoms with Crippen LogP contribution >= 0.6 is 24.8 Å². The third-order valence-corrected chi connectivity index (χ3v) is 4.24. The average Bonchev–Trinajstić information content (AvgIpc) is 2.93. The second kappa shape index (κ2) is 11.0. The number of hydrogen-bond donors (Lipinski definition) is 2. The van der Waals surface area contributed by atoms with Gasteiger partial charge in [0, 0.05) is 19.1 Å². The molecule has 6 nitrogen and oxygen atoms in total. The maximum Gasteiger partial charge on any atom is 0.242 e. The van der Waals surface area contributed by atoms with Crippen molar-refractivity contribution in [1.82, 2.24) is 15.1 Å².